The predicted molar refractivity (Wildman–Crippen MR) is 41.9 cm³/mol. The Morgan fingerprint density at radius 2 is 2.62 bits per heavy atom. The average Bonchev–Trinajstić information content (AvgIpc) is 1.66. The van der Waals surface area contributed by atoms with Gasteiger partial charge in [0.2, 0.25) is 0 Å². The molecule has 0 aliphatic carbocycles. The van der Waals surface area contributed by atoms with Gasteiger partial charge >= 0.3 is 0 Å². The number of hydrogen-bond donors (Lipinski definition) is 1. The van der Waals surface area contributed by atoms with Crippen LogP contribution in [0.15, 0.2) is 17.1 Å². The third-order valence-electron chi connectivity index (χ3n) is 0.347. The molecule has 0 aromatic heterocycles. The molecule has 0 unspecified atom stereocenters. The van der Waals surface area contributed by atoms with E-state index in [4.69, 9.17) is 5.73 Å². The highest BCUT2D eigenvalue weighted by Crippen LogP contribution is 2.00. The highest BCUT2D eigenvalue weighted by atomic mass is 32.2. The molecule has 1 radical (unpaired) electrons. The first-order valence-corrected chi connectivity index (χ1v) is 3.35. The van der Waals surface area contributed by atoms with Crippen molar-refractivity contribution in [2.45, 2.75) is 0 Å². The minimum atomic E-state index is 0.192. The van der Waals surface area contributed by atoms with Gasteiger partial charge < -0.3 is 5.73 Å². The summed E-state index contributed by atoms with van der Waals surface area (Å²) >= 11 is 5.77. The summed E-state index contributed by atoms with van der Waals surface area (Å²) in [5.41, 5.74) is 5.04. The van der Waals surface area contributed by atoms with Crippen LogP contribution in [0.4, 0.5) is 0 Å². The molecule has 2 N–H and O–H groups in total. The molecule has 0 aliphatic heterocycles. The molecule has 8 heavy (non-hydrogen) atoms. The van der Waals surface area contributed by atoms with Gasteiger partial charge in [-0.15, -0.1) is 6.58 Å². The zero-order valence-corrected chi connectivity index (χ0v) is 5.97. The minimum Gasteiger partial charge on any atom is -0.374 e. The lowest BCUT2D eigenvalue weighted by Crippen LogP contribution is -1.99. The molecule has 0 heterocycles. The fraction of sp³-hybridized carbons (Fsp3) is 0.250. The van der Waals surface area contributed by atoms with Crippen LogP contribution in [0.25, 0.3) is 0 Å². The van der Waals surface area contributed by atoms with Gasteiger partial charge in [0.15, 0.2) is 5.17 Å². The van der Waals surface area contributed by atoms with Crippen molar-refractivity contribution >= 4 is 29.7 Å². The van der Waals surface area contributed by atoms with Gasteiger partial charge in [-0.3, -0.25) is 0 Å². The second-order valence-electron chi connectivity index (χ2n) is 1.01. The summed E-state index contributed by atoms with van der Waals surface area (Å²) in [7, 11) is 0. The Balaban J connectivity index is 3.15. The lowest BCUT2D eigenvalue weighted by atomic mass is 10.8. The molecule has 0 rings (SSSR count). The summed E-state index contributed by atoms with van der Waals surface area (Å²) in [6.45, 7) is 3.49. The van der Waals surface area contributed by atoms with Crippen LogP contribution in [0, 0.1) is 0 Å². The van der Waals surface area contributed by atoms with E-state index in [1.165, 1.54) is 11.9 Å². The molecule has 0 atom stereocenters. The van der Waals surface area contributed by atoms with E-state index in [0.29, 0.717) is 0 Å². The summed E-state index contributed by atoms with van der Waals surface area (Å²) in [5.74, 6) is 0.761. The maximum atomic E-state index is 5.04. The van der Waals surface area contributed by atoms with Crippen molar-refractivity contribution in [3.63, 3.8) is 0 Å². The smallest absolute Gasteiger partial charge is 0.197 e. The Morgan fingerprint density at radius 3 is 3.00 bits per heavy atom. The van der Waals surface area contributed by atoms with E-state index < -0.39 is 0 Å². The molecule has 0 aromatic carbocycles. The fourth-order valence-electron chi connectivity index (χ4n) is 0.154. The number of amidine groups is 1. The van der Waals surface area contributed by atoms with Crippen molar-refractivity contribution in [2.24, 2.45) is 10.1 Å². The average molecular weight is 147 g/mol. The number of nitrogens with zero attached hydrogens (tertiary/aromatic N) is 1. The van der Waals surface area contributed by atoms with Crippen LogP contribution in [0.3, 0.4) is 0 Å². The standard InChI is InChI=1S/C4H7N2S2/c1-2-3-8-6-4(5)7/h2H,1,3H2,(H2,5,6). The highest BCUT2D eigenvalue weighted by molar-refractivity contribution is 8.01. The van der Waals surface area contributed by atoms with Crippen molar-refractivity contribution in [1.29, 1.82) is 0 Å². The fourth-order valence-corrected chi connectivity index (χ4v) is 0.619. The Hall–Kier alpha value is -0.220. The minimum absolute atomic E-state index is 0.192. The van der Waals surface area contributed by atoms with E-state index in [1.54, 1.807) is 6.08 Å². The normalized spacial score (nSPS) is 11.2. The van der Waals surface area contributed by atoms with Crippen LogP contribution in [0.2, 0.25) is 0 Å². The lowest BCUT2D eigenvalue weighted by Gasteiger charge is -1.84. The van der Waals surface area contributed by atoms with Gasteiger partial charge in [0.1, 0.15) is 0 Å². The van der Waals surface area contributed by atoms with Gasteiger partial charge in [-0.25, -0.2) is 0 Å². The molecule has 0 spiro atoms. The van der Waals surface area contributed by atoms with Crippen LogP contribution >= 0.6 is 24.6 Å². The highest BCUT2D eigenvalue weighted by Gasteiger charge is 1.79. The van der Waals surface area contributed by atoms with Gasteiger partial charge in [0.05, 0.1) is 0 Å². The molecule has 0 fully saturated rings. The van der Waals surface area contributed by atoms with Crippen molar-refractivity contribution < 1.29 is 0 Å². The Bertz CT molecular complexity index is 96.2. The third kappa shape index (κ3) is 5.78. The van der Waals surface area contributed by atoms with Crippen LogP contribution in [-0.4, -0.2) is 10.9 Å². The number of nitrogens with two attached hydrogens (primary N) is 1. The van der Waals surface area contributed by atoms with Gasteiger partial charge in [-0.2, -0.15) is 4.40 Å². The lowest BCUT2D eigenvalue weighted by molar-refractivity contribution is 1.72. The topological polar surface area (TPSA) is 38.4 Å². The maximum absolute atomic E-state index is 5.04. The van der Waals surface area contributed by atoms with Crippen LogP contribution in [0.1, 0.15) is 0 Å². The predicted octanol–water partition coefficient (Wildman–Crippen LogP) is 1.33. The molecule has 0 aromatic rings. The summed E-state index contributed by atoms with van der Waals surface area (Å²) in [6.07, 6.45) is 1.74. The van der Waals surface area contributed by atoms with Gasteiger partial charge in [0.25, 0.3) is 0 Å². The van der Waals surface area contributed by atoms with E-state index in [1.807, 2.05) is 0 Å². The second kappa shape index (κ2) is 4.93. The molecule has 0 saturated heterocycles. The first-order chi connectivity index (χ1) is 3.77. The van der Waals surface area contributed by atoms with E-state index in [2.05, 4.69) is 23.6 Å². The van der Waals surface area contributed by atoms with Crippen molar-refractivity contribution in [3.8, 4) is 0 Å². The third-order valence-corrected chi connectivity index (χ3v) is 1.26. The van der Waals surface area contributed by atoms with Crippen LogP contribution < -0.4 is 5.73 Å². The molecular weight excluding hydrogens is 140 g/mol. The Labute approximate surface area is 58.8 Å². The Kier molecular flexibility index (Phi) is 4.79. The van der Waals surface area contributed by atoms with Crippen molar-refractivity contribution in [1.82, 2.24) is 0 Å². The monoisotopic (exact) mass is 147 g/mol. The quantitative estimate of drug-likeness (QED) is 0.215. The van der Waals surface area contributed by atoms with Crippen LogP contribution in [-0.2, 0) is 0 Å². The summed E-state index contributed by atoms with van der Waals surface area (Å²) in [5, 5.41) is 0.192. The first kappa shape index (κ1) is 7.78. The number of hydrogen-bond acceptors (Lipinski definition) is 2. The summed E-state index contributed by atoms with van der Waals surface area (Å²) in [6, 6.07) is 0. The van der Waals surface area contributed by atoms with Gasteiger partial charge in [0, 0.05) is 5.75 Å². The Morgan fingerprint density at radius 1 is 2.00 bits per heavy atom. The largest absolute Gasteiger partial charge is 0.374 e. The van der Waals surface area contributed by atoms with Gasteiger partial charge in [-0.1, -0.05) is 6.08 Å². The number of rotatable bonds is 3. The first-order valence-electron chi connectivity index (χ1n) is 2.00. The van der Waals surface area contributed by atoms with E-state index in [9.17, 15) is 0 Å². The molecule has 2 nitrogen and oxygen atoms in total. The SMILES string of the molecule is C=CCSN=C(N)[S]. The molecular formula is C4H7N2S2. The summed E-state index contributed by atoms with van der Waals surface area (Å²) < 4.78 is 3.67. The summed E-state index contributed by atoms with van der Waals surface area (Å²) in [4.78, 5) is 0. The molecule has 0 aliphatic rings. The molecule has 45 valence electrons. The van der Waals surface area contributed by atoms with Crippen LogP contribution in [0.5, 0.6) is 0 Å². The van der Waals surface area contributed by atoms with E-state index in [-0.39, 0.29) is 5.17 Å². The molecule has 0 saturated carbocycles. The zero-order chi connectivity index (χ0) is 6.41. The maximum Gasteiger partial charge on any atom is 0.197 e. The van der Waals surface area contributed by atoms with Gasteiger partial charge in [-0.05, 0) is 24.6 Å². The van der Waals surface area contributed by atoms with E-state index in [0.717, 1.165) is 5.75 Å². The molecule has 0 bridgehead atoms. The zero-order valence-electron chi connectivity index (χ0n) is 4.33. The van der Waals surface area contributed by atoms with E-state index >= 15 is 0 Å². The second-order valence-corrected chi connectivity index (χ2v) is 2.21. The van der Waals surface area contributed by atoms with Crippen molar-refractivity contribution in [3.05, 3.63) is 12.7 Å². The van der Waals surface area contributed by atoms with Crippen molar-refractivity contribution in [2.75, 3.05) is 5.75 Å². The molecule has 4 heteroatoms. The molecule has 0 amide bonds.